The van der Waals surface area contributed by atoms with Crippen molar-refractivity contribution in [2.75, 3.05) is 19.0 Å². The first kappa shape index (κ1) is 11.0. The first-order valence-electron chi connectivity index (χ1n) is 4.63. The average molecular weight is 284 g/mol. The molecule has 0 amide bonds. The number of fused-ring (bicyclic) bond motifs is 1. The van der Waals surface area contributed by atoms with E-state index in [4.69, 9.17) is 9.52 Å². The molecule has 0 fully saturated rings. The number of carboxylic acids is 1. The molecule has 1 aromatic heterocycles. The van der Waals surface area contributed by atoms with Gasteiger partial charge in [-0.15, -0.1) is 0 Å². The molecule has 84 valence electrons. The highest BCUT2D eigenvalue weighted by Gasteiger charge is 2.13. The van der Waals surface area contributed by atoms with Crippen LogP contribution in [0.2, 0.25) is 0 Å². The maximum Gasteiger partial charge on any atom is 0.371 e. The number of anilines is 1. The minimum atomic E-state index is -1.06. The third-order valence-corrected chi connectivity index (χ3v) is 2.91. The van der Waals surface area contributed by atoms with Crippen LogP contribution in [0.15, 0.2) is 27.1 Å². The van der Waals surface area contributed by atoms with Crippen LogP contribution >= 0.6 is 15.9 Å². The second-order valence-corrected chi connectivity index (χ2v) is 4.51. The lowest BCUT2D eigenvalue weighted by atomic mass is 10.2. The van der Waals surface area contributed by atoms with Gasteiger partial charge in [0.2, 0.25) is 5.76 Å². The van der Waals surface area contributed by atoms with Gasteiger partial charge in [-0.05, 0) is 28.1 Å². The Labute approximate surface area is 101 Å². The van der Waals surface area contributed by atoms with Gasteiger partial charge in [0.15, 0.2) is 0 Å². The Balaban J connectivity index is 2.65. The molecule has 0 aliphatic carbocycles. The summed E-state index contributed by atoms with van der Waals surface area (Å²) in [6.07, 6.45) is 0. The van der Waals surface area contributed by atoms with Gasteiger partial charge in [-0.3, -0.25) is 0 Å². The van der Waals surface area contributed by atoms with Gasteiger partial charge in [-0.25, -0.2) is 4.79 Å². The summed E-state index contributed by atoms with van der Waals surface area (Å²) in [5.74, 6) is -1.10. The molecule has 0 bridgehead atoms. The number of rotatable bonds is 2. The van der Waals surface area contributed by atoms with Gasteiger partial charge in [-0.2, -0.15) is 0 Å². The molecule has 2 aromatic rings. The topological polar surface area (TPSA) is 53.7 Å². The van der Waals surface area contributed by atoms with Gasteiger partial charge < -0.3 is 14.4 Å². The van der Waals surface area contributed by atoms with E-state index in [0.29, 0.717) is 5.58 Å². The summed E-state index contributed by atoms with van der Waals surface area (Å²) in [6.45, 7) is 0. The molecule has 0 aliphatic heterocycles. The van der Waals surface area contributed by atoms with Gasteiger partial charge >= 0.3 is 5.97 Å². The van der Waals surface area contributed by atoms with E-state index in [-0.39, 0.29) is 5.76 Å². The molecule has 4 nitrogen and oxygen atoms in total. The van der Waals surface area contributed by atoms with E-state index in [9.17, 15) is 4.79 Å². The molecule has 0 saturated carbocycles. The zero-order chi connectivity index (χ0) is 11.9. The van der Waals surface area contributed by atoms with Crippen LogP contribution in [-0.2, 0) is 0 Å². The summed E-state index contributed by atoms with van der Waals surface area (Å²) in [7, 11) is 3.82. The van der Waals surface area contributed by atoms with E-state index in [0.717, 1.165) is 15.5 Å². The number of benzene rings is 1. The number of hydrogen-bond donors (Lipinski definition) is 1. The van der Waals surface area contributed by atoms with Crippen LogP contribution in [0.1, 0.15) is 10.6 Å². The minimum absolute atomic E-state index is 0.0437. The highest BCUT2D eigenvalue weighted by molar-refractivity contribution is 9.10. The molecule has 1 aromatic carbocycles. The van der Waals surface area contributed by atoms with Gasteiger partial charge in [0.05, 0.1) is 5.69 Å². The summed E-state index contributed by atoms with van der Waals surface area (Å²) in [4.78, 5) is 12.7. The van der Waals surface area contributed by atoms with E-state index in [2.05, 4.69) is 15.9 Å². The SMILES string of the molecule is CN(C)c1cc2oc(C(=O)O)cc2cc1Br. The fourth-order valence-electron chi connectivity index (χ4n) is 1.50. The first-order chi connectivity index (χ1) is 7.49. The third kappa shape index (κ3) is 1.78. The van der Waals surface area contributed by atoms with Crippen molar-refractivity contribution in [1.29, 1.82) is 0 Å². The van der Waals surface area contributed by atoms with Crippen LogP contribution in [-0.4, -0.2) is 25.2 Å². The number of carbonyl (C=O) groups is 1. The van der Waals surface area contributed by atoms with Crippen LogP contribution in [0.4, 0.5) is 5.69 Å². The standard InChI is InChI=1S/C11H10BrNO3/c1-13(2)8-5-9-6(3-7(8)12)4-10(16-9)11(14)15/h3-5H,1-2H3,(H,14,15). The zero-order valence-corrected chi connectivity index (χ0v) is 10.4. The lowest BCUT2D eigenvalue weighted by molar-refractivity contribution is 0.0665. The quantitative estimate of drug-likeness (QED) is 0.921. The minimum Gasteiger partial charge on any atom is -0.475 e. The number of nitrogens with zero attached hydrogens (tertiary/aromatic N) is 1. The predicted octanol–water partition coefficient (Wildman–Crippen LogP) is 2.96. The van der Waals surface area contributed by atoms with E-state index in [1.54, 1.807) is 0 Å². The van der Waals surface area contributed by atoms with Crippen molar-refractivity contribution in [2.24, 2.45) is 0 Å². The molecular weight excluding hydrogens is 274 g/mol. The summed E-state index contributed by atoms with van der Waals surface area (Å²) < 4.78 is 6.13. The molecule has 5 heteroatoms. The van der Waals surface area contributed by atoms with Crippen molar-refractivity contribution in [3.8, 4) is 0 Å². The number of aromatic carboxylic acids is 1. The lowest BCUT2D eigenvalue weighted by Crippen LogP contribution is -2.08. The van der Waals surface area contributed by atoms with Gasteiger partial charge in [0.25, 0.3) is 0 Å². The fourth-order valence-corrected chi connectivity index (χ4v) is 2.21. The van der Waals surface area contributed by atoms with E-state index < -0.39 is 5.97 Å². The van der Waals surface area contributed by atoms with Crippen molar-refractivity contribution >= 4 is 38.6 Å². The lowest BCUT2D eigenvalue weighted by Gasteiger charge is -2.13. The molecule has 0 radical (unpaired) electrons. The van der Waals surface area contributed by atoms with Gasteiger partial charge in [0, 0.05) is 30.0 Å². The Hall–Kier alpha value is -1.49. The molecule has 16 heavy (non-hydrogen) atoms. The van der Waals surface area contributed by atoms with E-state index in [1.165, 1.54) is 6.07 Å². The predicted molar refractivity (Wildman–Crippen MR) is 65.2 cm³/mol. The zero-order valence-electron chi connectivity index (χ0n) is 8.82. The fraction of sp³-hybridized carbons (Fsp3) is 0.182. The molecular formula is C11H10BrNO3. The second kappa shape index (κ2) is 3.83. The van der Waals surface area contributed by atoms with Crippen LogP contribution in [0.3, 0.4) is 0 Å². The van der Waals surface area contributed by atoms with Crippen molar-refractivity contribution in [3.63, 3.8) is 0 Å². The number of halogens is 1. The van der Waals surface area contributed by atoms with Gasteiger partial charge in [-0.1, -0.05) is 0 Å². The third-order valence-electron chi connectivity index (χ3n) is 2.28. The number of furan rings is 1. The highest BCUT2D eigenvalue weighted by Crippen LogP contribution is 2.31. The van der Waals surface area contributed by atoms with Crippen LogP contribution in [0.5, 0.6) is 0 Å². The highest BCUT2D eigenvalue weighted by atomic mass is 79.9. The molecule has 0 unspecified atom stereocenters. The summed E-state index contributed by atoms with van der Waals surface area (Å²) in [5.41, 5.74) is 1.52. The van der Waals surface area contributed by atoms with Gasteiger partial charge in [0.1, 0.15) is 5.58 Å². The molecule has 0 spiro atoms. The van der Waals surface area contributed by atoms with Crippen molar-refractivity contribution in [3.05, 3.63) is 28.4 Å². The Kier molecular flexibility index (Phi) is 2.63. The Morgan fingerprint density at radius 2 is 2.06 bits per heavy atom. The molecule has 0 atom stereocenters. The first-order valence-corrected chi connectivity index (χ1v) is 5.42. The molecule has 1 heterocycles. The molecule has 0 saturated heterocycles. The molecule has 1 N–H and O–H groups in total. The van der Waals surface area contributed by atoms with Crippen molar-refractivity contribution < 1.29 is 14.3 Å². The Bertz CT molecular complexity index is 560. The Morgan fingerprint density at radius 1 is 1.38 bits per heavy atom. The average Bonchev–Trinajstić information content (AvgIpc) is 2.58. The number of carboxylic acid groups (broad SMARTS) is 1. The normalized spacial score (nSPS) is 10.7. The summed E-state index contributed by atoms with van der Waals surface area (Å²) in [5, 5.41) is 9.59. The maximum atomic E-state index is 10.8. The Morgan fingerprint density at radius 3 is 2.62 bits per heavy atom. The molecule has 2 rings (SSSR count). The van der Waals surface area contributed by atoms with Crippen LogP contribution in [0.25, 0.3) is 11.0 Å². The number of hydrogen-bond acceptors (Lipinski definition) is 3. The largest absolute Gasteiger partial charge is 0.475 e. The summed E-state index contributed by atoms with van der Waals surface area (Å²) >= 11 is 3.43. The molecule has 0 aliphatic rings. The van der Waals surface area contributed by atoms with Crippen molar-refractivity contribution in [1.82, 2.24) is 0 Å². The second-order valence-electron chi connectivity index (χ2n) is 3.65. The van der Waals surface area contributed by atoms with E-state index in [1.807, 2.05) is 31.1 Å². The maximum absolute atomic E-state index is 10.8. The monoisotopic (exact) mass is 283 g/mol. The van der Waals surface area contributed by atoms with Crippen LogP contribution in [0, 0.1) is 0 Å². The van der Waals surface area contributed by atoms with Crippen LogP contribution < -0.4 is 4.90 Å². The van der Waals surface area contributed by atoms with E-state index >= 15 is 0 Å². The van der Waals surface area contributed by atoms with Crippen molar-refractivity contribution in [2.45, 2.75) is 0 Å². The summed E-state index contributed by atoms with van der Waals surface area (Å²) in [6, 6.07) is 5.17. The smallest absolute Gasteiger partial charge is 0.371 e.